The molecule has 1 aromatic carbocycles. The summed E-state index contributed by atoms with van der Waals surface area (Å²) in [5, 5.41) is 0. The highest BCUT2D eigenvalue weighted by molar-refractivity contribution is 6.44. The van der Waals surface area contributed by atoms with E-state index in [0.29, 0.717) is 31.2 Å². The van der Waals surface area contributed by atoms with Crippen molar-refractivity contribution in [1.29, 1.82) is 0 Å². The predicted molar refractivity (Wildman–Crippen MR) is 81.8 cm³/mol. The van der Waals surface area contributed by atoms with Gasteiger partial charge in [-0.25, -0.2) is 0 Å². The number of hydrogen-bond acceptors (Lipinski definition) is 5. The second-order valence-corrected chi connectivity index (χ2v) is 6.11. The Morgan fingerprint density at radius 2 is 1.86 bits per heavy atom. The molecule has 117 valence electrons. The minimum atomic E-state index is -1.15. The van der Waals surface area contributed by atoms with Gasteiger partial charge in [0.2, 0.25) is 0 Å². The Morgan fingerprint density at radius 1 is 1.14 bits per heavy atom. The van der Waals surface area contributed by atoms with Gasteiger partial charge in [-0.05, 0) is 50.4 Å². The summed E-state index contributed by atoms with van der Waals surface area (Å²) >= 11 is 0. The summed E-state index contributed by atoms with van der Waals surface area (Å²) in [7, 11) is 0.407. The molecule has 0 saturated carbocycles. The molecule has 1 aromatic rings. The Labute approximate surface area is 128 Å². The van der Waals surface area contributed by atoms with Crippen LogP contribution < -0.4 is 9.47 Å². The minimum Gasteiger partial charge on any atom is -0.493 e. The lowest BCUT2D eigenvalue weighted by atomic mass is 10.1. The maximum absolute atomic E-state index is 10.4. The molecule has 0 aliphatic heterocycles. The summed E-state index contributed by atoms with van der Waals surface area (Å²) in [6.45, 7) is 5.76. The molecular formula is C15H23O5Si. The molecule has 0 aliphatic rings. The quantitative estimate of drug-likeness (QED) is 0.464. The molecule has 6 heteroatoms. The Bertz CT molecular complexity index is 419. The zero-order valence-electron chi connectivity index (χ0n) is 12.9. The van der Waals surface area contributed by atoms with Crippen LogP contribution in [0.1, 0.15) is 25.8 Å². The Balaban J connectivity index is 2.52. The van der Waals surface area contributed by atoms with E-state index in [1.807, 2.05) is 26.0 Å². The van der Waals surface area contributed by atoms with Crippen LogP contribution in [0.15, 0.2) is 18.2 Å². The fraction of sp³-hybridized carbons (Fsp3) is 0.533. The summed E-state index contributed by atoms with van der Waals surface area (Å²) in [5.74, 6) is 1.00. The van der Waals surface area contributed by atoms with Crippen molar-refractivity contribution < 1.29 is 23.1 Å². The predicted octanol–water partition coefficient (Wildman–Crippen LogP) is 2.72. The van der Waals surface area contributed by atoms with Gasteiger partial charge in [-0.1, -0.05) is 6.07 Å². The largest absolute Gasteiger partial charge is 0.493 e. The molecule has 0 atom stereocenters. The standard InChI is InChI=1S/C15H23O5Si/c1-4-19-21(20-5-2)10-6-7-13-8-9-14(18-12-16)15(11-13)17-3/h8-9,11-12H,4-7,10H2,1-3H3. The van der Waals surface area contributed by atoms with Gasteiger partial charge in [-0.15, -0.1) is 0 Å². The highest BCUT2D eigenvalue weighted by atomic mass is 28.3. The van der Waals surface area contributed by atoms with Crippen molar-refractivity contribution in [3.63, 3.8) is 0 Å². The number of carbonyl (C=O) groups excluding carboxylic acids is 1. The van der Waals surface area contributed by atoms with Crippen molar-refractivity contribution in [3.8, 4) is 11.5 Å². The third kappa shape index (κ3) is 6.28. The number of rotatable bonds is 11. The van der Waals surface area contributed by atoms with E-state index in [-0.39, 0.29) is 0 Å². The highest BCUT2D eigenvalue weighted by Gasteiger charge is 2.14. The zero-order valence-corrected chi connectivity index (χ0v) is 13.9. The van der Waals surface area contributed by atoms with Gasteiger partial charge in [0.15, 0.2) is 11.5 Å². The molecule has 1 radical (unpaired) electrons. The van der Waals surface area contributed by atoms with Gasteiger partial charge >= 0.3 is 9.28 Å². The summed E-state index contributed by atoms with van der Waals surface area (Å²) in [6.07, 6.45) is 1.90. The van der Waals surface area contributed by atoms with E-state index in [0.717, 1.165) is 24.4 Å². The van der Waals surface area contributed by atoms with E-state index in [2.05, 4.69) is 0 Å². The van der Waals surface area contributed by atoms with E-state index in [9.17, 15) is 4.79 Å². The molecule has 0 N–H and O–H groups in total. The molecule has 0 unspecified atom stereocenters. The molecule has 0 aliphatic carbocycles. The number of benzene rings is 1. The molecule has 0 aromatic heterocycles. The van der Waals surface area contributed by atoms with Crippen LogP contribution in [0.3, 0.4) is 0 Å². The van der Waals surface area contributed by atoms with Gasteiger partial charge < -0.3 is 18.3 Å². The van der Waals surface area contributed by atoms with Crippen LogP contribution in [0.25, 0.3) is 0 Å². The van der Waals surface area contributed by atoms with Crippen LogP contribution in [0, 0.1) is 0 Å². The van der Waals surface area contributed by atoms with Gasteiger partial charge in [0.25, 0.3) is 6.47 Å². The first-order valence-corrected chi connectivity index (χ1v) is 8.66. The molecule has 0 bridgehead atoms. The zero-order chi connectivity index (χ0) is 15.5. The van der Waals surface area contributed by atoms with Crippen molar-refractivity contribution >= 4 is 15.8 Å². The lowest BCUT2D eigenvalue weighted by Crippen LogP contribution is -2.22. The van der Waals surface area contributed by atoms with Crippen LogP contribution in [-0.2, 0) is 20.1 Å². The van der Waals surface area contributed by atoms with Crippen LogP contribution in [-0.4, -0.2) is 36.1 Å². The molecule has 21 heavy (non-hydrogen) atoms. The molecule has 0 spiro atoms. The molecule has 0 fully saturated rings. The number of ether oxygens (including phenoxy) is 2. The Hall–Kier alpha value is -1.37. The van der Waals surface area contributed by atoms with Crippen LogP contribution in [0.5, 0.6) is 11.5 Å². The molecule has 0 heterocycles. The van der Waals surface area contributed by atoms with E-state index in [1.54, 1.807) is 13.2 Å². The van der Waals surface area contributed by atoms with Crippen molar-refractivity contribution in [2.75, 3.05) is 20.3 Å². The maximum atomic E-state index is 10.4. The van der Waals surface area contributed by atoms with Crippen LogP contribution >= 0.6 is 0 Å². The van der Waals surface area contributed by atoms with E-state index < -0.39 is 9.28 Å². The van der Waals surface area contributed by atoms with E-state index in [1.165, 1.54) is 0 Å². The molecule has 5 nitrogen and oxygen atoms in total. The SMILES string of the molecule is CCO[Si](CCCc1ccc(OC=O)c(OC)c1)OCC. The molecule has 0 amide bonds. The topological polar surface area (TPSA) is 54.0 Å². The van der Waals surface area contributed by atoms with Crippen LogP contribution in [0.2, 0.25) is 6.04 Å². The van der Waals surface area contributed by atoms with E-state index >= 15 is 0 Å². The molecule has 1 rings (SSSR count). The first kappa shape index (κ1) is 17.7. The van der Waals surface area contributed by atoms with Crippen molar-refractivity contribution in [2.45, 2.75) is 32.7 Å². The van der Waals surface area contributed by atoms with Gasteiger partial charge in [0, 0.05) is 13.2 Å². The van der Waals surface area contributed by atoms with Crippen molar-refractivity contribution in [1.82, 2.24) is 0 Å². The first-order chi connectivity index (χ1) is 10.2. The third-order valence-corrected chi connectivity index (χ3v) is 4.84. The van der Waals surface area contributed by atoms with Gasteiger partial charge in [-0.3, -0.25) is 4.79 Å². The molecule has 0 saturated heterocycles. The highest BCUT2D eigenvalue weighted by Crippen LogP contribution is 2.28. The van der Waals surface area contributed by atoms with Crippen LogP contribution in [0.4, 0.5) is 0 Å². The summed E-state index contributed by atoms with van der Waals surface area (Å²) in [6, 6.07) is 6.53. The second-order valence-electron chi connectivity index (χ2n) is 4.29. The number of hydrogen-bond donors (Lipinski definition) is 0. The maximum Gasteiger partial charge on any atom is 0.384 e. The number of methoxy groups -OCH3 is 1. The minimum absolute atomic E-state index is 0.399. The third-order valence-electron chi connectivity index (χ3n) is 2.86. The number of carbonyl (C=O) groups is 1. The number of aryl methyl sites for hydroxylation is 1. The van der Waals surface area contributed by atoms with E-state index in [4.69, 9.17) is 18.3 Å². The fourth-order valence-corrected chi connectivity index (χ4v) is 3.44. The Kier molecular flexibility index (Phi) is 8.73. The monoisotopic (exact) mass is 311 g/mol. The second kappa shape index (κ2) is 10.4. The first-order valence-electron chi connectivity index (χ1n) is 7.13. The fourth-order valence-electron chi connectivity index (χ4n) is 1.96. The van der Waals surface area contributed by atoms with Crippen molar-refractivity contribution in [3.05, 3.63) is 23.8 Å². The average Bonchev–Trinajstić information content (AvgIpc) is 2.49. The lowest BCUT2D eigenvalue weighted by molar-refractivity contribution is -0.120. The van der Waals surface area contributed by atoms with Gasteiger partial charge in [0.05, 0.1) is 7.11 Å². The Morgan fingerprint density at radius 3 is 2.43 bits per heavy atom. The average molecular weight is 311 g/mol. The van der Waals surface area contributed by atoms with Crippen molar-refractivity contribution in [2.24, 2.45) is 0 Å². The summed E-state index contributed by atoms with van der Waals surface area (Å²) < 4.78 is 21.3. The lowest BCUT2D eigenvalue weighted by Gasteiger charge is -2.13. The normalized spacial score (nSPS) is 10.7. The van der Waals surface area contributed by atoms with Gasteiger partial charge in [-0.2, -0.15) is 0 Å². The smallest absolute Gasteiger partial charge is 0.384 e. The van der Waals surface area contributed by atoms with Gasteiger partial charge in [0.1, 0.15) is 0 Å². The summed E-state index contributed by atoms with van der Waals surface area (Å²) in [5.41, 5.74) is 1.14. The molecular weight excluding hydrogens is 288 g/mol. The summed E-state index contributed by atoms with van der Waals surface area (Å²) in [4.78, 5) is 10.4.